The van der Waals surface area contributed by atoms with Crippen molar-refractivity contribution in [3.8, 4) is 0 Å². The smallest absolute Gasteiger partial charge is 0.310 e. The number of aryl methyl sites for hydroxylation is 1. The Hall–Kier alpha value is -1.88. The SMILES string of the molecule is O=C(O)[C@H]1[C@H](C(=O)N[C@H]2CCCc3ccccc32)[C@H]2CC[C@H]1O2. The van der Waals surface area contributed by atoms with Crippen LogP contribution in [0.25, 0.3) is 0 Å². The highest BCUT2D eigenvalue weighted by atomic mass is 16.5. The first-order valence-electron chi connectivity index (χ1n) is 8.41. The molecule has 23 heavy (non-hydrogen) atoms. The number of carboxylic acid groups (broad SMARTS) is 1. The maximum atomic E-state index is 12.8. The molecule has 0 saturated carbocycles. The zero-order chi connectivity index (χ0) is 16.0. The maximum absolute atomic E-state index is 12.8. The number of benzene rings is 1. The van der Waals surface area contributed by atoms with Crippen LogP contribution >= 0.6 is 0 Å². The zero-order valence-corrected chi connectivity index (χ0v) is 12.9. The van der Waals surface area contributed by atoms with Gasteiger partial charge in [-0.05, 0) is 43.2 Å². The molecule has 0 unspecified atom stereocenters. The Kier molecular flexibility index (Phi) is 3.60. The van der Waals surface area contributed by atoms with Crippen molar-refractivity contribution < 1.29 is 19.4 Å². The summed E-state index contributed by atoms with van der Waals surface area (Å²) in [5.41, 5.74) is 2.45. The summed E-state index contributed by atoms with van der Waals surface area (Å²) in [6, 6.07) is 8.16. The topological polar surface area (TPSA) is 75.6 Å². The van der Waals surface area contributed by atoms with Gasteiger partial charge in [0.25, 0.3) is 0 Å². The average molecular weight is 315 g/mol. The van der Waals surface area contributed by atoms with E-state index in [2.05, 4.69) is 17.4 Å². The van der Waals surface area contributed by atoms with Crippen molar-refractivity contribution in [1.29, 1.82) is 0 Å². The summed E-state index contributed by atoms with van der Waals surface area (Å²) >= 11 is 0. The molecule has 2 saturated heterocycles. The minimum atomic E-state index is -0.915. The molecule has 5 atom stereocenters. The quantitative estimate of drug-likeness (QED) is 0.895. The van der Waals surface area contributed by atoms with Crippen LogP contribution in [0.1, 0.15) is 42.9 Å². The molecular formula is C18H21NO4. The van der Waals surface area contributed by atoms with E-state index in [9.17, 15) is 14.7 Å². The van der Waals surface area contributed by atoms with E-state index in [-0.39, 0.29) is 24.2 Å². The molecule has 2 bridgehead atoms. The summed E-state index contributed by atoms with van der Waals surface area (Å²) in [6.45, 7) is 0. The van der Waals surface area contributed by atoms with Crippen LogP contribution in [0.5, 0.6) is 0 Å². The number of rotatable bonds is 3. The highest BCUT2D eigenvalue weighted by Gasteiger charge is 2.55. The van der Waals surface area contributed by atoms with Gasteiger partial charge in [0.2, 0.25) is 5.91 Å². The molecule has 0 radical (unpaired) electrons. The highest BCUT2D eigenvalue weighted by Crippen LogP contribution is 2.44. The number of carbonyl (C=O) groups is 2. The van der Waals surface area contributed by atoms with Crippen LogP contribution in [0, 0.1) is 11.8 Å². The Morgan fingerprint density at radius 3 is 2.61 bits per heavy atom. The largest absolute Gasteiger partial charge is 0.481 e. The van der Waals surface area contributed by atoms with Crippen molar-refractivity contribution in [3.05, 3.63) is 35.4 Å². The number of hydrogen-bond acceptors (Lipinski definition) is 3. The van der Waals surface area contributed by atoms with Gasteiger partial charge in [0.05, 0.1) is 30.1 Å². The number of fused-ring (bicyclic) bond motifs is 3. The molecule has 1 aromatic rings. The van der Waals surface area contributed by atoms with Gasteiger partial charge in [-0.1, -0.05) is 24.3 Å². The molecule has 1 aromatic carbocycles. The summed E-state index contributed by atoms with van der Waals surface area (Å²) in [5, 5.41) is 12.6. The molecule has 0 spiro atoms. The molecule has 3 aliphatic rings. The summed E-state index contributed by atoms with van der Waals surface area (Å²) in [7, 11) is 0. The van der Waals surface area contributed by atoms with E-state index in [0.717, 1.165) is 32.1 Å². The van der Waals surface area contributed by atoms with Crippen LogP contribution in [0.4, 0.5) is 0 Å². The van der Waals surface area contributed by atoms with Crippen LogP contribution in [0.2, 0.25) is 0 Å². The Bertz CT molecular complexity index is 644. The summed E-state index contributed by atoms with van der Waals surface area (Å²) in [5.74, 6) is -2.33. The highest BCUT2D eigenvalue weighted by molar-refractivity contribution is 5.86. The van der Waals surface area contributed by atoms with Crippen molar-refractivity contribution in [1.82, 2.24) is 5.32 Å². The predicted octanol–water partition coefficient (Wildman–Crippen LogP) is 2.06. The Morgan fingerprint density at radius 2 is 1.83 bits per heavy atom. The Balaban J connectivity index is 1.54. The van der Waals surface area contributed by atoms with Crippen molar-refractivity contribution in [2.45, 2.75) is 50.4 Å². The van der Waals surface area contributed by atoms with Gasteiger partial charge in [-0.25, -0.2) is 0 Å². The van der Waals surface area contributed by atoms with Crippen LogP contribution in [-0.4, -0.2) is 29.2 Å². The lowest BCUT2D eigenvalue weighted by Crippen LogP contribution is -2.45. The minimum Gasteiger partial charge on any atom is -0.481 e. The normalized spacial score (nSPS) is 34.9. The average Bonchev–Trinajstić information content (AvgIpc) is 3.16. The molecular weight excluding hydrogens is 294 g/mol. The molecule has 1 aliphatic carbocycles. The molecule has 2 heterocycles. The summed E-state index contributed by atoms with van der Waals surface area (Å²) in [6.07, 6.45) is 3.98. The molecule has 2 aliphatic heterocycles. The third kappa shape index (κ3) is 2.43. The van der Waals surface area contributed by atoms with Crippen molar-refractivity contribution >= 4 is 11.9 Å². The van der Waals surface area contributed by atoms with Crippen LogP contribution in [0.3, 0.4) is 0 Å². The first-order valence-corrected chi connectivity index (χ1v) is 8.41. The Morgan fingerprint density at radius 1 is 1.09 bits per heavy atom. The second-order valence-electron chi connectivity index (χ2n) is 6.83. The lowest BCUT2D eigenvalue weighted by atomic mass is 9.78. The molecule has 122 valence electrons. The molecule has 4 rings (SSSR count). The van der Waals surface area contributed by atoms with Crippen LogP contribution in [0.15, 0.2) is 24.3 Å². The monoisotopic (exact) mass is 315 g/mol. The second-order valence-corrected chi connectivity index (χ2v) is 6.83. The maximum Gasteiger partial charge on any atom is 0.310 e. The number of hydrogen-bond donors (Lipinski definition) is 2. The number of nitrogens with one attached hydrogen (secondary N) is 1. The zero-order valence-electron chi connectivity index (χ0n) is 12.9. The van der Waals surface area contributed by atoms with Crippen LogP contribution < -0.4 is 5.32 Å². The molecule has 5 nitrogen and oxygen atoms in total. The molecule has 2 N–H and O–H groups in total. The number of aliphatic carboxylic acids is 1. The fourth-order valence-corrected chi connectivity index (χ4v) is 4.50. The van der Waals surface area contributed by atoms with Gasteiger partial charge in [-0.2, -0.15) is 0 Å². The third-order valence-corrected chi connectivity index (χ3v) is 5.55. The number of carboxylic acids is 1. The van der Waals surface area contributed by atoms with Crippen LogP contribution in [-0.2, 0) is 20.7 Å². The standard InChI is InChI=1S/C18H21NO4/c20-17(15-13-8-9-14(23-13)16(15)18(21)22)19-12-7-3-5-10-4-1-2-6-11(10)12/h1-2,4,6,12-16H,3,5,7-9H2,(H,19,20)(H,21,22)/t12-,13+,14+,15+,16+/m0/s1. The van der Waals surface area contributed by atoms with Gasteiger partial charge in [0.1, 0.15) is 0 Å². The molecule has 2 fully saturated rings. The van der Waals surface area contributed by atoms with E-state index in [1.165, 1.54) is 11.1 Å². The van der Waals surface area contributed by atoms with E-state index >= 15 is 0 Å². The van der Waals surface area contributed by atoms with E-state index in [1.807, 2.05) is 12.1 Å². The second kappa shape index (κ2) is 5.64. The fraction of sp³-hybridized carbons (Fsp3) is 0.556. The van der Waals surface area contributed by atoms with Crippen molar-refractivity contribution in [3.63, 3.8) is 0 Å². The summed E-state index contributed by atoms with van der Waals surface area (Å²) in [4.78, 5) is 24.3. The van der Waals surface area contributed by atoms with E-state index < -0.39 is 17.8 Å². The first kappa shape index (κ1) is 14.7. The van der Waals surface area contributed by atoms with E-state index in [4.69, 9.17) is 4.74 Å². The number of carbonyl (C=O) groups excluding carboxylic acids is 1. The Labute approximate surface area is 135 Å². The third-order valence-electron chi connectivity index (χ3n) is 5.55. The van der Waals surface area contributed by atoms with Gasteiger partial charge < -0.3 is 15.2 Å². The van der Waals surface area contributed by atoms with Crippen molar-refractivity contribution in [2.75, 3.05) is 0 Å². The fourth-order valence-electron chi connectivity index (χ4n) is 4.50. The molecule has 0 aromatic heterocycles. The van der Waals surface area contributed by atoms with Gasteiger partial charge in [-0.3, -0.25) is 9.59 Å². The van der Waals surface area contributed by atoms with E-state index in [0.29, 0.717) is 0 Å². The predicted molar refractivity (Wildman–Crippen MR) is 82.8 cm³/mol. The van der Waals surface area contributed by atoms with Gasteiger partial charge >= 0.3 is 5.97 Å². The first-order chi connectivity index (χ1) is 11.1. The van der Waals surface area contributed by atoms with Gasteiger partial charge in [0.15, 0.2) is 0 Å². The summed E-state index contributed by atoms with van der Waals surface area (Å²) < 4.78 is 5.70. The number of ether oxygens (including phenoxy) is 1. The lowest BCUT2D eigenvalue weighted by molar-refractivity contribution is -0.148. The van der Waals surface area contributed by atoms with E-state index in [1.54, 1.807) is 0 Å². The van der Waals surface area contributed by atoms with Gasteiger partial charge in [0, 0.05) is 0 Å². The lowest BCUT2D eigenvalue weighted by Gasteiger charge is -2.30. The van der Waals surface area contributed by atoms with Crippen molar-refractivity contribution in [2.24, 2.45) is 11.8 Å². The molecule has 1 amide bonds. The minimum absolute atomic E-state index is 0.0129. The molecule has 5 heteroatoms. The van der Waals surface area contributed by atoms with Gasteiger partial charge in [-0.15, -0.1) is 0 Å². The number of amides is 1.